The van der Waals surface area contributed by atoms with Gasteiger partial charge in [0.05, 0.1) is 0 Å². The Balaban J connectivity index is -0.0000000180. The minimum absolute atomic E-state index is 0. The summed E-state index contributed by atoms with van der Waals surface area (Å²) in [5.74, 6) is 0. The lowest BCUT2D eigenvalue weighted by atomic mass is 10.2. The average molecular weight is 278 g/mol. The zero-order chi connectivity index (χ0) is 5.54. The summed E-state index contributed by atoms with van der Waals surface area (Å²) in [7, 11) is 0. The fourth-order valence-electron chi connectivity index (χ4n) is 0.677. The van der Waals surface area contributed by atoms with Gasteiger partial charge in [-0.15, -0.1) is 49.6 Å². The Kier molecular flexibility index (Phi) is 124. The third-order valence-corrected chi connectivity index (χ3v) is 1.21. The van der Waals surface area contributed by atoms with Crippen molar-refractivity contribution in [1.29, 1.82) is 0 Å². The first-order chi connectivity index (χ1) is 3.41. The molecular formula is C7H24Cl4Si. The van der Waals surface area contributed by atoms with Crippen molar-refractivity contribution in [3.05, 3.63) is 0 Å². The number of rotatable bonds is 4. The van der Waals surface area contributed by atoms with Crippen LogP contribution in [0.4, 0.5) is 0 Å². The summed E-state index contributed by atoms with van der Waals surface area (Å²) in [6.07, 6.45) is 7.01. The number of hydrogen-bond acceptors (Lipinski definition) is 0. The first-order valence-corrected chi connectivity index (χ1v) is 3.41. The van der Waals surface area contributed by atoms with Gasteiger partial charge in [-0.25, -0.2) is 0 Å². The first kappa shape index (κ1) is 37.7. The van der Waals surface area contributed by atoms with Gasteiger partial charge in [-0.3, -0.25) is 0 Å². The normalized spacial score (nSPS) is 5.50. The van der Waals surface area contributed by atoms with Crippen LogP contribution in [-0.2, 0) is 0 Å². The Morgan fingerprint density at radius 1 is 0.583 bits per heavy atom. The fourth-order valence-corrected chi connectivity index (χ4v) is 0.677. The Morgan fingerprint density at radius 2 is 0.833 bits per heavy atom. The highest BCUT2D eigenvalue weighted by Crippen LogP contribution is 2.00. The molecule has 0 saturated heterocycles. The van der Waals surface area contributed by atoms with Crippen LogP contribution in [0, 0.1) is 0 Å². The van der Waals surface area contributed by atoms with Crippen molar-refractivity contribution in [1.82, 2.24) is 0 Å². The van der Waals surface area contributed by atoms with E-state index in [4.69, 9.17) is 0 Å². The van der Waals surface area contributed by atoms with Crippen LogP contribution in [0.5, 0.6) is 0 Å². The van der Waals surface area contributed by atoms with Crippen molar-refractivity contribution in [2.24, 2.45) is 0 Å². The average Bonchev–Trinajstić information content (AvgIpc) is 1.69. The lowest BCUT2D eigenvalue weighted by molar-refractivity contribution is 0.656. The maximum absolute atomic E-state index is 2.25. The Labute approximate surface area is 106 Å². The van der Waals surface area contributed by atoms with Crippen LogP contribution >= 0.6 is 49.6 Å². The number of halogens is 4. The molecule has 0 N–H and O–H groups in total. The minimum Gasteiger partial charge on any atom is -0.147 e. The lowest BCUT2D eigenvalue weighted by Gasteiger charge is -1.90. The first-order valence-electron chi connectivity index (χ1n) is 3.41. The summed E-state index contributed by atoms with van der Waals surface area (Å²) in [4.78, 5) is 0. The molecule has 0 aromatic rings. The van der Waals surface area contributed by atoms with Crippen molar-refractivity contribution in [3.8, 4) is 0 Å². The van der Waals surface area contributed by atoms with E-state index in [1.54, 1.807) is 0 Å². The van der Waals surface area contributed by atoms with Gasteiger partial charge in [0.2, 0.25) is 0 Å². The molecule has 0 spiro atoms. The highest BCUT2D eigenvalue weighted by Gasteiger charge is 1.80. The molecule has 12 heavy (non-hydrogen) atoms. The van der Waals surface area contributed by atoms with E-state index in [9.17, 15) is 0 Å². The second-order valence-corrected chi connectivity index (χ2v) is 2.06. The van der Waals surface area contributed by atoms with Crippen LogP contribution in [0.25, 0.3) is 0 Å². The van der Waals surface area contributed by atoms with Crippen molar-refractivity contribution in [3.63, 3.8) is 0 Å². The van der Waals surface area contributed by atoms with Gasteiger partial charge in [-0.2, -0.15) is 0 Å². The summed E-state index contributed by atoms with van der Waals surface area (Å²) in [6.45, 7) is 4.49. The van der Waals surface area contributed by atoms with E-state index in [1.807, 2.05) is 0 Å². The van der Waals surface area contributed by atoms with E-state index in [-0.39, 0.29) is 60.6 Å². The van der Waals surface area contributed by atoms with Crippen LogP contribution in [0.15, 0.2) is 0 Å². The zero-order valence-corrected chi connectivity index (χ0v) is 10.4. The van der Waals surface area contributed by atoms with E-state index in [0.29, 0.717) is 0 Å². The maximum Gasteiger partial charge on any atom is -0.0149 e. The molecule has 0 atom stereocenters. The van der Waals surface area contributed by atoms with Gasteiger partial charge in [0.15, 0.2) is 0 Å². The van der Waals surface area contributed by atoms with E-state index < -0.39 is 0 Å². The van der Waals surface area contributed by atoms with Crippen molar-refractivity contribution in [2.45, 2.75) is 46.0 Å². The van der Waals surface area contributed by atoms with Gasteiger partial charge in [0.1, 0.15) is 0 Å². The van der Waals surface area contributed by atoms with Gasteiger partial charge in [0.25, 0.3) is 0 Å². The van der Waals surface area contributed by atoms with Crippen LogP contribution in [0.1, 0.15) is 46.0 Å². The largest absolute Gasteiger partial charge is 0.147 e. The number of unbranched alkanes of at least 4 members (excludes halogenated alkanes) is 4. The fraction of sp³-hybridized carbons (Fsp3) is 1.00. The molecule has 0 fully saturated rings. The molecule has 0 aliphatic rings. The summed E-state index contributed by atoms with van der Waals surface area (Å²) >= 11 is 0. The van der Waals surface area contributed by atoms with Crippen LogP contribution in [0.2, 0.25) is 0 Å². The second-order valence-electron chi connectivity index (χ2n) is 2.06. The molecule has 0 bridgehead atoms. The lowest BCUT2D eigenvalue weighted by Crippen LogP contribution is -1.70. The molecule has 0 aliphatic carbocycles. The molecule has 0 nitrogen and oxygen atoms in total. The zero-order valence-electron chi connectivity index (χ0n) is 7.17. The summed E-state index contributed by atoms with van der Waals surface area (Å²) in [6, 6.07) is 0. The molecule has 5 heteroatoms. The van der Waals surface area contributed by atoms with Gasteiger partial charge in [-0.1, -0.05) is 46.0 Å². The second kappa shape index (κ2) is 39.4. The third kappa shape index (κ3) is 42.4. The van der Waals surface area contributed by atoms with Crippen LogP contribution < -0.4 is 0 Å². The molecule has 84 valence electrons. The van der Waals surface area contributed by atoms with Crippen molar-refractivity contribution < 1.29 is 0 Å². The monoisotopic (exact) mass is 276 g/mol. The topological polar surface area (TPSA) is 0 Å². The Morgan fingerprint density at radius 3 is 1.00 bits per heavy atom. The minimum atomic E-state index is 0. The quantitative estimate of drug-likeness (QED) is 0.547. The van der Waals surface area contributed by atoms with Gasteiger partial charge >= 0.3 is 0 Å². The molecule has 0 aromatic carbocycles. The summed E-state index contributed by atoms with van der Waals surface area (Å²) in [5.41, 5.74) is 0. The predicted molar refractivity (Wildman–Crippen MR) is 74.8 cm³/mol. The molecule has 0 amide bonds. The van der Waals surface area contributed by atoms with Crippen LogP contribution in [0.3, 0.4) is 0 Å². The predicted octanol–water partition coefficient (Wildman–Crippen LogP) is 3.21. The molecule has 0 aromatic heterocycles. The van der Waals surface area contributed by atoms with Crippen LogP contribution in [-0.4, -0.2) is 11.0 Å². The molecule has 0 unspecified atom stereocenters. The van der Waals surface area contributed by atoms with Gasteiger partial charge in [-0.05, 0) is 11.0 Å². The standard InChI is InChI=1S/C7H16.4ClH.H4Si/c1-3-5-7-6-4-2;;;;;/h3-7H2,1-2H3;4*1H;1H4. The summed E-state index contributed by atoms with van der Waals surface area (Å²) in [5, 5.41) is 0. The molecular weight excluding hydrogens is 254 g/mol. The molecule has 0 radical (unpaired) electrons. The van der Waals surface area contributed by atoms with E-state index in [0.717, 1.165) is 0 Å². The molecule has 0 aliphatic heterocycles. The molecule has 0 saturated carbocycles. The van der Waals surface area contributed by atoms with Gasteiger partial charge < -0.3 is 0 Å². The highest BCUT2D eigenvalue weighted by atomic mass is 35.5. The SMILES string of the molecule is CCCCCCC.Cl.Cl.Cl.Cl.[SiH4]. The smallest absolute Gasteiger partial charge is 0.0149 e. The third-order valence-electron chi connectivity index (χ3n) is 1.21. The van der Waals surface area contributed by atoms with Crippen molar-refractivity contribution >= 4 is 60.6 Å². The number of hydrogen-bond donors (Lipinski definition) is 0. The molecule has 0 heterocycles. The molecule has 0 rings (SSSR count). The van der Waals surface area contributed by atoms with E-state index >= 15 is 0 Å². The summed E-state index contributed by atoms with van der Waals surface area (Å²) < 4.78 is 0. The maximum atomic E-state index is 2.25. The van der Waals surface area contributed by atoms with E-state index in [1.165, 1.54) is 32.1 Å². The van der Waals surface area contributed by atoms with Gasteiger partial charge in [0, 0.05) is 0 Å². The highest BCUT2D eigenvalue weighted by molar-refractivity contribution is 5.86. The Bertz CT molecular complexity index is 34.6. The van der Waals surface area contributed by atoms with Crippen molar-refractivity contribution in [2.75, 3.05) is 0 Å². The van der Waals surface area contributed by atoms with E-state index in [2.05, 4.69) is 13.8 Å². The Hall–Kier alpha value is 1.38.